The summed E-state index contributed by atoms with van der Waals surface area (Å²) < 4.78 is 19.2. The molecular weight excluding hydrogens is 542 g/mol. The first-order valence-electron chi connectivity index (χ1n) is 15.0. The van der Waals surface area contributed by atoms with Gasteiger partial charge in [0.2, 0.25) is 0 Å². The van der Waals surface area contributed by atoms with E-state index in [0.29, 0.717) is 40.4 Å². The van der Waals surface area contributed by atoms with Gasteiger partial charge in [0.15, 0.2) is 0 Å². The molecule has 0 saturated carbocycles. The summed E-state index contributed by atoms with van der Waals surface area (Å²) in [6, 6.07) is 15.7. The van der Waals surface area contributed by atoms with Gasteiger partial charge in [0.05, 0.1) is 47.3 Å². The van der Waals surface area contributed by atoms with Crippen LogP contribution in [0.15, 0.2) is 77.3 Å². The van der Waals surface area contributed by atoms with Crippen LogP contribution >= 0.6 is 0 Å². The zero-order valence-corrected chi connectivity index (χ0v) is 26.5. The zero-order valence-electron chi connectivity index (χ0n) is 26.5. The second-order valence-corrected chi connectivity index (χ2v) is 11.4. The maximum atomic E-state index is 13.7. The van der Waals surface area contributed by atoms with Gasteiger partial charge in [-0.05, 0) is 90.8 Å². The lowest BCUT2D eigenvalue weighted by atomic mass is 9.79. The second kappa shape index (κ2) is 13.8. The van der Waals surface area contributed by atoms with Crippen LogP contribution in [-0.4, -0.2) is 40.5 Å². The Morgan fingerprint density at radius 1 is 0.907 bits per heavy atom. The number of nitrogens with zero attached hydrogens (tertiary/aromatic N) is 2. The number of ether oxygens (including phenoxy) is 3. The molecule has 2 heterocycles. The lowest BCUT2D eigenvalue weighted by Gasteiger charge is -2.31. The average molecular weight is 586 g/mol. The van der Waals surface area contributed by atoms with Crippen molar-refractivity contribution in [3.63, 3.8) is 0 Å². The summed E-state index contributed by atoms with van der Waals surface area (Å²) in [5, 5.41) is 8.30. The number of aromatic nitrogens is 2. The molecule has 3 aromatic rings. The van der Waals surface area contributed by atoms with Gasteiger partial charge in [0, 0.05) is 28.7 Å². The first-order valence-corrected chi connectivity index (χ1v) is 15.0. The van der Waals surface area contributed by atoms with Crippen LogP contribution in [0.1, 0.15) is 78.4 Å². The number of allylic oxidation sites excluding steroid dienone is 2. The first-order chi connectivity index (χ1) is 20.5. The minimum atomic E-state index is -0.786. The molecule has 0 aliphatic carbocycles. The number of carbonyl (C=O) groups excluding carboxylic acids is 2. The Balaban J connectivity index is 1.97. The molecule has 43 heavy (non-hydrogen) atoms. The van der Waals surface area contributed by atoms with E-state index in [4.69, 9.17) is 19.3 Å². The maximum Gasteiger partial charge on any atom is 0.337 e. The number of hydrogen-bond acceptors (Lipinski definition) is 7. The van der Waals surface area contributed by atoms with E-state index in [-0.39, 0.29) is 12.2 Å². The number of dihydropyridines is 1. The molecule has 0 fully saturated rings. The van der Waals surface area contributed by atoms with Crippen molar-refractivity contribution in [1.82, 2.24) is 15.1 Å². The van der Waals surface area contributed by atoms with E-state index in [2.05, 4.69) is 12.2 Å². The van der Waals surface area contributed by atoms with E-state index in [1.807, 2.05) is 75.5 Å². The number of benzene rings is 2. The minimum absolute atomic E-state index is 0.347. The van der Waals surface area contributed by atoms with E-state index in [0.717, 1.165) is 35.4 Å². The highest BCUT2D eigenvalue weighted by atomic mass is 16.5. The molecule has 2 aromatic carbocycles. The van der Waals surface area contributed by atoms with Gasteiger partial charge in [0.1, 0.15) is 5.75 Å². The predicted octanol–water partition coefficient (Wildman–Crippen LogP) is 7.16. The largest absolute Gasteiger partial charge is 0.494 e. The summed E-state index contributed by atoms with van der Waals surface area (Å²) in [6.07, 6.45) is 3.24. The van der Waals surface area contributed by atoms with E-state index in [1.54, 1.807) is 32.4 Å². The zero-order chi connectivity index (χ0) is 31.3. The molecule has 228 valence electrons. The summed E-state index contributed by atoms with van der Waals surface area (Å²) >= 11 is 0. The SMILES string of the molecule is CCCCOc1ccc(-c2nn(-c3ccccc3)cc2C2C(C(=O)OC(C)C)=C(C)NC(C)=C2C(=O)OC(C)C)c(C)c1. The highest BCUT2D eigenvalue weighted by Crippen LogP contribution is 2.44. The first kappa shape index (κ1) is 31.6. The molecule has 0 saturated heterocycles. The Bertz CT molecular complexity index is 1490. The summed E-state index contributed by atoms with van der Waals surface area (Å²) in [7, 11) is 0. The summed E-state index contributed by atoms with van der Waals surface area (Å²) in [6.45, 7) is 15.7. The number of nitrogens with one attached hydrogen (secondary N) is 1. The van der Waals surface area contributed by atoms with E-state index >= 15 is 0 Å². The Labute approximate surface area is 254 Å². The van der Waals surface area contributed by atoms with Crippen molar-refractivity contribution >= 4 is 11.9 Å². The van der Waals surface area contributed by atoms with Gasteiger partial charge in [-0.25, -0.2) is 14.3 Å². The number of hydrogen-bond donors (Lipinski definition) is 1. The van der Waals surface area contributed by atoms with E-state index in [9.17, 15) is 9.59 Å². The quantitative estimate of drug-likeness (QED) is 0.188. The van der Waals surface area contributed by atoms with Crippen LogP contribution in [0.3, 0.4) is 0 Å². The van der Waals surface area contributed by atoms with Gasteiger partial charge in [-0.1, -0.05) is 31.5 Å². The normalized spacial score (nSPS) is 13.9. The minimum Gasteiger partial charge on any atom is -0.494 e. The number of rotatable bonds is 11. The van der Waals surface area contributed by atoms with Crippen molar-refractivity contribution in [3.8, 4) is 22.7 Å². The van der Waals surface area contributed by atoms with Crippen molar-refractivity contribution < 1.29 is 23.8 Å². The molecule has 1 aromatic heterocycles. The Hall–Kier alpha value is -4.33. The van der Waals surface area contributed by atoms with Gasteiger partial charge < -0.3 is 19.5 Å². The van der Waals surface area contributed by atoms with Crippen LogP contribution in [0.4, 0.5) is 0 Å². The standard InChI is InChI=1S/C35H43N3O5/c1-9-10-18-41-27-16-17-28(23(6)19-27)33-29(20-38(37-33)26-14-12-11-13-15-26)32-30(34(39)42-21(2)3)24(7)36-25(8)31(32)35(40)43-22(4)5/h11-17,19-22,32,36H,9-10,18H2,1-8H3. The van der Waals surface area contributed by atoms with Crippen LogP contribution in [-0.2, 0) is 19.1 Å². The lowest BCUT2D eigenvalue weighted by molar-refractivity contribution is -0.143. The Kier molecular flexibility index (Phi) is 10.1. The summed E-state index contributed by atoms with van der Waals surface area (Å²) in [4.78, 5) is 27.4. The van der Waals surface area contributed by atoms with Crippen molar-refractivity contribution in [2.24, 2.45) is 0 Å². The molecule has 1 aliphatic heterocycles. The molecule has 8 heteroatoms. The van der Waals surface area contributed by atoms with E-state index in [1.165, 1.54) is 0 Å². The number of carbonyl (C=O) groups is 2. The molecule has 0 unspecified atom stereocenters. The van der Waals surface area contributed by atoms with Crippen LogP contribution in [0.2, 0.25) is 0 Å². The van der Waals surface area contributed by atoms with Crippen molar-refractivity contribution in [3.05, 3.63) is 88.4 Å². The van der Waals surface area contributed by atoms with Crippen molar-refractivity contribution in [2.45, 2.75) is 86.4 Å². The molecule has 1 N–H and O–H groups in total. The molecule has 0 spiro atoms. The Morgan fingerprint density at radius 2 is 1.51 bits per heavy atom. The maximum absolute atomic E-state index is 13.7. The summed E-state index contributed by atoms with van der Waals surface area (Å²) in [5.41, 5.74) is 5.95. The van der Waals surface area contributed by atoms with Crippen LogP contribution in [0, 0.1) is 6.92 Å². The van der Waals surface area contributed by atoms with Crippen LogP contribution in [0.5, 0.6) is 5.75 Å². The molecule has 1 aliphatic rings. The van der Waals surface area contributed by atoms with Gasteiger partial charge in [-0.3, -0.25) is 0 Å². The van der Waals surface area contributed by atoms with Crippen molar-refractivity contribution in [2.75, 3.05) is 6.61 Å². The number of aryl methyl sites for hydroxylation is 1. The van der Waals surface area contributed by atoms with Gasteiger partial charge >= 0.3 is 11.9 Å². The molecule has 0 atom stereocenters. The molecule has 4 rings (SSSR count). The molecule has 0 radical (unpaired) electrons. The van der Waals surface area contributed by atoms with Crippen LogP contribution in [0.25, 0.3) is 16.9 Å². The van der Waals surface area contributed by atoms with Crippen molar-refractivity contribution in [1.29, 1.82) is 0 Å². The highest BCUT2D eigenvalue weighted by Gasteiger charge is 2.41. The fourth-order valence-electron chi connectivity index (χ4n) is 5.25. The predicted molar refractivity (Wildman–Crippen MR) is 168 cm³/mol. The number of para-hydroxylation sites is 1. The third-order valence-corrected chi connectivity index (χ3v) is 7.18. The smallest absolute Gasteiger partial charge is 0.337 e. The fraction of sp³-hybridized carbons (Fsp3) is 0.400. The van der Waals surface area contributed by atoms with Gasteiger partial charge in [0.25, 0.3) is 0 Å². The number of esters is 2. The molecular formula is C35H43N3O5. The molecule has 8 nitrogen and oxygen atoms in total. The fourth-order valence-corrected chi connectivity index (χ4v) is 5.25. The van der Waals surface area contributed by atoms with Gasteiger partial charge in [-0.15, -0.1) is 0 Å². The molecule has 0 amide bonds. The third kappa shape index (κ3) is 7.19. The Morgan fingerprint density at radius 3 is 2.05 bits per heavy atom. The lowest BCUT2D eigenvalue weighted by Crippen LogP contribution is -2.33. The van der Waals surface area contributed by atoms with Crippen LogP contribution < -0.4 is 10.1 Å². The van der Waals surface area contributed by atoms with E-state index < -0.39 is 17.9 Å². The average Bonchev–Trinajstić information content (AvgIpc) is 3.37. The monoisotopic (exact) mass is 585 g/mol. The second-order valence-electron chi connectivity index (χ2n) is 11.4. The number of unbranched alkanes of at least 4 members (excludes halogenated alkanes) is 1. The topological polar surface area (TPSA) is 91.7 Å². The molecule has 0 bridgehead atoms. The summed E-state index contributed by atoms with van der Waals surface area (Å²) in [5.74, 6) is -0.995. The van der Waals surface area contributed by atoms with Gasteiger partial charge in [-0.2, -0.15) is 5.10 Å². The highest BCUT2D eigenvalue weighted by molar-refractivity contribution is 6.00. The third-order valence-electron chi connectivity index (χ3n) is 7.18.